The molecule has 0 amide bonds. The van der Waals surface area contributed by atoms with Crippen molar-refractivity contribution >= 4 is 12.6 Å². The summed E-state index contributed by atoms with van der Waals surface area (Å²) < 4.78 is 0. The Labute approximate surface area is 88.4 Å². The summed E-state index contributed by atoms with van der Waals surface area (Å²) in [4.78, 5) is 8.47. The second kappa shape index (κ2) is 4.24. The van der Waals surface area contributed by atoms with E-state index in [-0.39, 0.29) is 0 Å². The van der Waals surface area contributed by atoms with Gasteiger partial charge in [-0.1, -0.05) is 30.3 Å². The van der Waals surface area contributed by atoms with Gasteiger partial charge < -0.3 is 0 Å². The summed E-state index contributed by atoms with van der Waals surface area (Å²) >= 11 is 4.14. The quantitative estimate of drug-likeness (QED) is 0.757. The first kappa shape index (κ1) is 9.21. The first-order valence-corrected chi connectivity index (χ1v) is 5.01. The highest BCUT2D eigenvalue weighted by Gasteiger charge is 1.99. The van der Waals surface area contributed by atoms with Crippen LogP contribution in [0.3, 0.4) is 0 Å². The number of hydrogen-bond acceptors (Lipinski definition) is 3. The average molecular weight is 202 g/mol. The molecule has 2 rings (SSSR count). The Balaban J connectivity index is 2.42. The summed E-state index contributed by atoms with van der Waals surface area (Å²) in [6.07, 6.45) is 1.76. The number of benzene rings is 1. The SMILES string of the molecule is SCc1nccc(-c2ccccc2)n1. The fraction of sp³-hybridized carbons (Fsp3) is 0.0909. The second-order valence-electron chi connectivity index (χ2n) is 2.88. The predicted octanol–water partition coefficient (Wildman–Crippen LogP) is 2.57. The number of hydrogen-bond donors (Lipinski definition) is 1. The molecule has 70 valence electrons. The molecule has 0 atom stereocenters. The van der Waals surface area contributed by atoms with Gasteiger partial charge in [-0.2, -0.15) is 12.6 Å². The maximum absolute atomic E-state index is 4.37. The number of aromatic nitrogens is 2. The van der Waals surface area contributed by atoms with E-state index in [1.807, 2.05) is 36.4 Å². The second-order valence-corrected chi connectivity index (χ2v) is 3.20. The smallest absolute Gasteiger partial charge is 0.138 e. The molecule has 0 aliphatic carbocycles. The first-order chi connectivity index (χ1) is 6.90. The normalized spacial score (nSPS) is 10.1. The molecule has 0 spiro atoms. The molecular weight excluding hydrogens is 192 g/mol. The van der Waals surface area contributed by atoms with Crippen LogP contribution in [0.4, 0.5) is 0 Å². The lowest BCUT2D eigenvalue weighted by Crippen LogP contribution is -1.92. The zero-order valence-corrected chi connectivity index (χ0v) is 8.48. The van der Waals surface area contributed by atoms with Crippen molar-refractivity contribution in [3.8, 4) is 11.3 Å². The third-order valence-electron chi connectivity index (χ3n) is 1.92. The van der Waals surface area contributed by atoms with E-state index < -0.39 is 0 Å². The highest BCUT2D eigenvalue weighted by molar-refractivity contribution is 7.79. The average Bonchev–Trinajstić information content (AvgIpc) is 2.30. The van der Waals surface area contributed by atoms with Gasteiger partial charge in [0.15, 0.2) is 0 Å². The summed E-state index contributed by atoms with van der Waals surface area (Å²) in [5.74, 6) is 1.33. The van der Waals surface area contributed by atoms with Crippen LogP contribution in [0.15, 0.2) is 42.6 Å². The summed E-state index contributed by atoms with van der Waals surface area (Å²) in [6.45, 7) is 0. The molecule has 1 aromatic carbocycles. The van der Waals surface area contributed by atoms with Crippen molar-refractivity contribution in [2.45, 2.75) is 5.75 Å². The summed E-state index contributed by atoms with van der Waals surface area (Å²) in [5.41, 5.74) is 2.06. The van der Waals surface area contributed by atoms with Gasteiger partial charge in [-0.25, -0.2) is 9.97 Å². The third-order valence-corrected chi connectivity index (χ3v) is 2.20. The topological polar surface area (TPSA) is 25.8 Å². The zero-order valence-electron chi connectivity index (χ0n) is 7.59. The van der Waals surface area contributed by atoms with Crippen LogP contribution in [0, 0.1) is 0 Å². The molecule has 0 saturated carbocycles. The van der Waals surface area contributed by atoms with E-state index in [1.165, 1.54) is 0 Å². The van der Waals surface area contributed by atoms with Gasteiger partial charge in [-0.15, -0.1) is 0 Å². The summed E-state index contributed by atoms with van der Waals surface area (Å²) in [7, 11) is 0. The van der Waals surface area contributed by atoms with Gasteiger partial charge in [0.1, 0.15) is 5.82 Å². The van der Waals surface area contributed by atoms with Gasteiger partial charge in [0.05, 0.1) is 11.4 Å². The fourth-order valence-electron chi connectivity index (χ4n) is 1.24. The molecule has 0 saturated heterocycles. The Kier molecular flexibility index (Phi) is 2.79. The van der Waals surface area contributed by atoms with Gasteiger partial charge in [-0.05, 0) is 6.07 Å². The minimum atomic E-state index is 0.570. The molecule has 1 aromatic heterocycles. The van der Waals surface area contributed by atoms with E-state index >= 15 is 0 Å². The standard InChI is InChI=1S/C11H10N2S/c14-8-11-12-7-6-10(13-11)9-4-2-1-3-5-9/h1-7,14H,8H2. The zero-order chi connectivity index (χ0) is 9.80. The monoisotopic (exact) mass is 202 g/mol. The molecular formula is C11H10N2S. The van der Waals surface area contributed by atoms with Gasteiger partial charge in [0.25, 0.3) is 0 Å². The van der Waals surface area contributed by atoms with Crippen LogP contribution < -0.4 is 0 Å². The Bertz CT molecular complexity index is 415. The van der Waals surface area contributed by atoms with Crippen LogP contribution in [0.1, 0.15) is 5.82 Å². The lowest BCUT2D eigenvalue weighted by Gasteiger charge is -2.01. The van der Waals surface area contributed by atoms with Crippen LogP contribution in [0.5, 0.6) is 0 Å². The van der Waals surface area contributed by atoms with Crippen molar-refractivity contribution in [3.63, 3.8) is 0 Å². The Morgan fingerprint density at radius 3 is 2.57 bits per heavy atom. The third kappa shape index (κ3) is 1.93. The minimum Gasteiger partial charge on any atom is -0.240 e. The van der Waals surface area contributed by atoms with Crippen LogP contribution in [-0.2, 0) is 5.75 Å². The van der Waals surface area contributed by atoms with Crippen molar-refractivity contribution in [2.24, 2.45) is 0 Å². The highest BCUT2D eigenvalue weighted by atomic mass is 32.1. The molecule has 0 bridgehead atoms. The van der Waals surface area contributed by atoms with E-state index in [2.05, 4.69) is 22.6 Å². The number of rotatable bonds is 2. The molecule has 0 aliphatic heterocycles. The molecule has 1 heterocycles. The van der Waals surface area contributed by atoms with E-state index in [0.717, 1.165) is 17.1 Å². The van der Waals surface area contributed by atoms with Crippen molar-refractivity contribution in [2.75, 3.05) is 0 Å². The van der Waals surface area contributed by atoms with Crippen LogP contribution in [0.25, 0.3) is 11.3 Å². The van der Waals surface area contributed by atoms with E-state index in [1.54, 1.807) is 6.20 Å². The molecule has 0 N–H and O–H groups in total. The van der Waals surface area contributed by atoms with E-state index in [4.69, 9.17) is 0 Å². The molecule has 0 unspecified atom stereocenters. The van der Waals surface area contributed by atoms with Crippen LogP contribution in [0.2, 0.25) is 0 Å². The Hall–Kier alpha value is -1.35. The summed E-state index contributed by atoms with van der Waals surface area (Å²) in [5, 5.41) is 0. The first-order valence-electron chi connectivity index (χ1n) is 4.38. The lowest BCUT2D eigenvalue weighted by atomic mass is 10.1. The lowest BCUT2D eigenvalue weighted by molar-refractivity contribution is 1.04. The molecule has 2 aromatic rings. The van der Waals surface area contributed by atoms with Crippen molar-refractivity contribution < 1.29 is 0 Å². The number of thiol groups is 1. The van der Waals surface area contributed by atoms with Crippen molar-refractivity contribution in [1.82, 2.24) is 9.97 Å². The fourth-order valence-corrected chi connectivity index (χ4v) is 1.40. The molecule has 0 fully saturated rings. The van der Waals surface area contributed by atoms with Gasteiger partial charge in [0.2, 0.25) is 0 Å². The van der Waals surface area contributed by atoms with Gasteiger partial charge >= 0.3 is 0 Å². The highest BCUT2D eigenvalue weighted by Crippen LogP contribution is 2.15. The van der Waals surface area contributed by atoms with Gasteiger partial charge in [-0.3, -0.25) is 0 Å². The summed E-state index contributed by atoms with van der Waals surface area (Å²) in [6, 6.07) is 12.0. The number of nitrogens with zero attached hydrogens (tertiary/aromatic N) is 2. The van der Waals surface area contributed by atoms with Gasteiger partial charge in [0, 0.05) is 11.8 Å². The molecule has 0 radical (unpaired) electrons. The molecule has 2 nitrogen and oxygen atoms in total. The Morgan fingerprint density at radius 2 is 1.86 bits per heavy atom. The van der Waals surface area contributed by atoms with E-state index in [0.29, 0.717) is 5.75 Å². The predicted molar refractivity (Wildman–Crippen MR) is 60.2 cm³/mol. The molecule has 14 heavy (non-hydrogen) atoms. The van der Waals surface area contributed by atoms with Crippen LogP contribution >= 0.6 is 12.6 Å². The minimum absolute atomic E-state index is 0.570. The Morgan fingerprint density at radius 1 is 1.07 bits per heavy atom. The van der Waals surface area contributed by atoms with Crippen molar-refractivity contribution in [3.05, 3.63) is 48.4 Å². The maximum Gasteiger partial charge on any atom is 0.138 e. The van der Waals surface area contributed by atoms with E-state index in [9.17, 15) is 0 Å². The van der Waals surface area contributed by atoms with Crippen molar-refractivity contribution in [1.29, 1.82) is 0 Å². The molecule has 3 heteroatoms. The van der Waals surface area contributed by atoms with Crippen LogP contribution in [-0.4, -0.2) is 9.97 Å². The molecule has 0 aliphatic rings. The largest absolute Gasteiger partial charge is 0.240 e. The maximum atomic E-state index is 4.37.